The summed E-state index contributed by atoms with van der Waals surface area (Å²) in [5, 5.41) is 15.5. The van der Waals surface area contributed by atoms with Gasteiger partial charge in [0.2, 0.25) is 17.7 Å². The molecule has 2 bridgehead atoms. The van der Waals surface area contributed by atoms with Crippen molar-refractivity contribution < 1.29 is 24.2 Å². The van der Waals surface area contributed by atoms with Gasteiger partial charge >= 0.3 is 0 Å². The van der Waals surface area contributed by atoms with Crippen molar-refractivity contribution in [3.8, 4) is 0 Å². The Bertz CT molecular complexity index is 690. The minimum atomic E-state index is -1.02. The van der Waals surface area contributed by atoms with E-state index in [0.29, 0.717) is 25.8 Å². The summed E-state index contributed by atoms with van der Waals surface area (Å²) in [5.74, 6) is -2.04. The van der Waals surface area contributed by atoms with Crippen LogP contribution in [-0.4, -0.2) is 70.2 Å². The first-order chi connectivity index (χ1) is 13.6. The Hall–Kier alpha value is -1.67. The topological polar surface area (TPSA) is 108 Å². The van der Waals surface area contributed by atoms with Crippen molar-refractivity contribution in [2.75, 3.05) is 19.7 Å². The molecule has 2 unspecified atom stereocenters. The molecule has 8 heteroatoms. The zero-order chi connectivity index (χ0) is 21.6. The van der Waals surface area contributed by atoms with Crippen molar-refractivity contribution >= 4 is 17.7 Å². The van der Waals surface area contributed by atoms with E-state index in [1.165, 1.54) is 4.90 Å². The number of amides is 3. The van der Waals surface area contributed by atoms with E-state index in [-0.39, 0.29) is 30.9 Å². The number of aliphatic hydroxyl groups excluding tert-OH is 1. The third-order valence-electron chi connectivity index (χ3n) is 6.60. The van der Waals surface area contributed by atoms with Crippen molar-refractivity contribution in [1.29, 1.82) is 0 Å². The number of rotatable bonds is 7. The van der Waals surface area contributed by atoms with Gasteiger partial charge in [0.1, 0.15) is 11.6 Å². The Morgan fingerprint density at radius 2 is 1.93 bits per heavy atom. The predicted molar refractivity (Wildman–Crippen MR) is 107 cm³/mol. The maximum absolute atomic E-state index is 13.5. The fraction of sp³-hybridized carbons (Fsp3) is 0.857. The van der Waals surface area contributed by atoms with E-state index in [4.69, 9.17) is 4.74 Å². The normalized spacial score (nSPS) is 35.7. The molecule has 3 aliphatic rings. The molecule has 5 atom stereocenters. The second kappa shape index (κ2) is 7.54. The summed E-state index contributed by atoms with van der Waals surface area (Å²) in [5.41, 5.74) is -2.22. The summed E-state index contributed by atoms with van der Waals surface area (Å²) in [4.78, 5) is 41.3. The first-order valence-corrected chi connectivity index (χ1v) is 10.8. The van der Waals surface area contributed by atoms with Crippen LogP contribution in [0, 0.1) is 11.8 Å². The number of likely N-dealkylation sites (tertiary alicyclic amines) is 1. The van der Waals surface area contributed by atoms with Crippen LogP contribution in [0.2, 0.25) is 0 Å². The van der Waals surface area contributed by atoms with Crippen molar-refractivity contribution in [2.24, 2.45) is 11.8 Å². The highest BCUT2D eigenvalue weighted by Gasteiger charge is 2.78. The lowest BCUT2D eigenvalue weighted by Crippen LogP contribution is -2.58. The molecule has 164 valence electrons. The fourth-order valence-corrected chi connectivity index (χ4v) is 5.56. The quantitative estimate of drug-likeness (QED) is 0.570. The molecule has 8 nitrogen and oxygen atoms in total. The van der Waals surface area contributed by atoms with Gasteiger partial charge in [0.25, 0.3) is 0 Å². The van der Waals surface area contributed by atoms with Crippen LogP contribution in [-0.2, 0) is 19.1 Å². The molecular weight excluding hydrogens is 374 g/mol. The molecule has 0 saturated carbocycles. The molecule has 1 spiro atoms. The molecule has 0 aliphatic carbocycles. The van der Waals surface area contributed by atoms with Crippen molar-refractivity contribution in [1.82, 2.24) is 15.5 Å². The number of fused-ring (bicyclic) bond motifs is 1. The number of hydrogen-bond acceptors (Lipinski definition) is 5. The molecule has 3 heterocycles. The highest BCUT2D eigenvalue weighted by molar-refractivity contribution is 5.99. The summed E-state index contributed by atoms with van der Waals surface area (Å²) in [7, 11) is 0. The summed E-state index contributed by atoms with van der Waals surface area (Å²) >= 11 is 0. The van der Waals surface area contributed by atoms with Gasteiger partial charge in [-0.05, 0) is 46.5 Å². The molecular formula is C21H35N3O5. The number of carbonyl (C=O) groups is 3. The molecule has 0 aromatic rings. The zero-order valence-corrected chi connectivity index (χ0v) is 18.2. The van der Waals surface area contributed by atoms with Gasteiger partial charge < -0.3 is 25.4 Å². The SMILES string of the molecule is CCCNC(=O)[C@H]1[C@H]2C(=O)N(CCO)C(C(=O)NC(C)(C)C)C23CC[C@]1(CC)O3. The maximum Gasteiger partial charge on any atom is 0.246 e. The van der Waals surface area contributed by atoms with Crippen LogP contribution < -0.4 is 10.6 Å². The molecule has 3 saturated heterocycles. The van der Waals surface area contributed by atoms with E-state index >= 15 is 0 Å². The molecule has 29 heavy (non-hydrogen) atoms. The maximum atomic E-state index is 13.5. The van der Waals surface area contributed by atoms with Gasteiger partial charge in [-0.25, -0.2) is 0 Å². The highest BCUT2D eigenvalue weighted by Crippen LogP contribution is 2.64. The number of nitrogens with one attached hydrogen (secondary N) is 2. The third-order valence-corrected chi connectivity index (χ3v) is 6.60. The van der Waals surface area contributed by atoms with Gasteiger partial charge in [-0.1, -0.05) is 13.8 Å². The summed E-state index contributed by atoms with van der Waals surface area (Å²) in [6, 6.07) is -0.844. The second-order valence-corrected chi connectivity index (χ2v) is 9.62. The van der Waals surface area contributed by atoms with E-state index in [2.05, 4.69) is 10.6 Å². The lowest BCUT2D eigenvalue weighted by atomic mass is 9.65. The monoisotopic (exact) mass is 409 g/mol. The van der Waals surface area contributed by atoms with Gasteiger partial charge in [0.05, 0.1) is 24.0 Å². The molecule has 3 fully saturated rings. The lowest BCUT2D eigenvalue weighted by molar-refractivity contribution is -0.148. The summed E-state index contributed by atoms with van der Waals surface area (Å²) in [6.07, 6.45) is 2.61. The molecule has 3 amide bonds. The van der Waals surface area contributed by atoms with E-state index < -0.39 is 34.6 Å². The minimum Gasteiger partial charge on any atom is -0.395 e. The standard InChI is InChI=1S/C21H35N3O5/c1-6-10-22-16(26)13-14-18(28)24(11-12-25)15(17(27)23-19(3,4)5)21(14)9-8-20(13,7-2)29-21/h13-15,25H,6-12H2,1-5H3,(H,22,26)(H,23,27)/t13-,14+,15?,20+,21?/m1/s1. The smallest absolute Gasteiger partial charge is 0.246 e. The van der Waals surface area contributed by atoms with Crippen LogP contribution in [0.4, 0.5) is 0 Å². The lowest BCUT2D eigenvalue weighted by Gasteiger charge is -2.35. The molecule has 3 aliphatic heterocycles. The summed E-state index contributed by atoms with van der Waals surface area (Å²) in [6.45, 7) is 9.94. The Balaban J connectivity index is 2.04. The Kier molecular flexibility index (Phi) is 5.73. The van der Waals surface area contributed by atoms with Crippen molar-refractivity contribution in [3.05, 3.63) is 0 Å². The third kappa shape index (κ3) is 3.34. The fourth-order valence-electron chi connectivity index (χ4n) is 5.56. The van der Waals surface area contributed by atoms with E-state index in [1.54, 1.807) is 0 Å². The van der Waals surface area contributed by atoms with Gasteiger partial charge in [-0.3, -0.25) is 14.4 Å². The second-order valence-electron chi connectivity index (χ2n) is 9.62. The van der Waals surface area contributed by atoms with E-state index in [9.17, 15) is 19.5 Å². The van der Waals surface area contributed by atoms with Crippen LogP contribution in [0.3, 0.4) is 0 Å². The predicted octanol–water partition coefficient (Wildman–Crippen LogP) is 0.574. The minimum absolute atomic E-state index is 0.0467. The van der Waals surface area contributed by atoms with E-state index in [0.717, 1.165) is 6.42 Å². The van der Waals surface area contributed by atoms with Crippen molar-refractivity contribution in [3.63, 3.8) is 0 Å². The van der Waals surface area contributed by atoms with Gasteiger partial charge in [-0.15, -0.1) is 0 Å². The Morgan fingerprint density at radius 3 is 2.48 bits per heavy atom. The van der Waals surface area contributed by atoms with Gasteiger partial charge in [0.15, 0.2) is 0 Å². The average Bonchev–Trinajstić information content (AvgIpc) is 3.23. The Labute approximate surface area is 172 Å². The van der Waals surface area contributed by atoms with Crippen LogP contribution >= 0.6 is 0 Å². The van der Waals surface area contributed by atoms with Gasteiger partial charge in [-0.2, -0.15) is 0 Å². The highest BCUT2D eigenvalue weighted by atomic mass is 16.5. The van der Waals surface area contributed by atoms with Gasteiger partial charge in [0, 0.05) is 18.6 Å². The van der Waals surface area contributed by atoms with E-state index in [1.807, 2.05) is 34.6 Å². The summed E-state index contributed by atoms with van der Waals surface area (Å²) < 4.78 is 6.56. The van der Waals surface area contributed by atoms with Crippen LogP contribution in [0.1, 0.15) is 60.3 Å². The van der Waals surface area contributed by atoms with Crippen LogP contribution in [0.5, 0.6) is 0 Å². The van der Waals surface area contributed by atoms with Crippen LogP contribution in [0.25, 0.3) is 0 Å². The largest absolute Gasteiger partial charge is 0.395 e. The number of ether oxygens (including phenoxy) is 1. The first kappa shape index (κ1) is 22.0. The molecule has 3 N–H and O–H groups in total. The number of carbonyl (C=O) groups excluding carboxylic acids is 3. The number of β-amino-alcohol motifs (C(OH)–C–C–N with tert-alkyl or cyclic N) is 1. The average molecular weight is 410 g/mol. The molecule has 0 aromatic heterocycles. The molecule has 3 rings (SSSR count). The van der Waals surface area contributed by atoms with Crippen LogP contribution in [0.15, 0.2) is 0 Å². The van der Waals surface area contributed by atoms with Crippen molar-refractivity contribution in [2.45, 2.75) is 83.1 Å². The molecule has 0 aromatic carbocycles. The molecule has 0 radical (unpaired) electrons. The zero-order valence-electron chi connectivity index (χ0n) is 18.2. The number of aliphatic hydroxyl groups is 1. The number of hydrogen-bond donors (Lipinski definition) is 3. The Morgan fingerprint density at radius 1 is 1.24 bits per heavy atom. The number of nitrogens with zero attached hydrogens (tertiary/aromatic N) is 1. The first-order valence-electron chi connectivity index (χ1n) is 10.8.